The molecule has 0 fully saturated rings. The van der Waals surface area contributed by atoms with Gasteiger partial charge in [0.15, 0.2) is 0 Å². The molecule has 0 aliphatic rings. The summed E-state index contributed by atoms with van der Waals surface area (Å²) in [4.78, 5) is 30.7. The van der Waals surface area contributed by atoms with Crippen molar-refractivity contribution in [2.75, 3.05) is 12.4 Å². The van der Waals surface area contributed by atoms with Crippen molar-refractivity contribution in [3.63, 3.8) is 0 Å². The Bertz CT molecular complexity index is 505. The molecule has 2 N–H and O–H groups in total. The molecule has 7 nitrogen and oxygen atoms in total. The first-order chi connectivity index (χ1) is 8.92. The van der Waals surface area contributed by atoms with Crippen LogP contribution in [-0.2, 0) is 14.3 Å². The SMILES string of the molecule is COC(=O)/C(=C/Nc1nc(C)cc(C)n1)NC(C)=O. The van der Waals surface area contributed by atoms with Crippen LogP contribution < -0.4 is 10.6 Å². The fourth-order valence-electron chi connectivity index (χ4n) is 1.37. The molecule has 1 rings (SSSR count). The van der Waals surface area contributed by atoms with Gasteiger partial charge in [0.25, 0.3) is 0 Å². The van der Waals surface area contributed by atoms with Gasteiger partial charge in [-0.15, -0.1) is 0 Å². The van der Waals surface area contributed by atoms with E-state index in [4.69, 9.17) is 0 Å². The number of aromatic nitrogens is 2. The van der Waals surface area contributed by atoms with Crippen LogP contribution in [0.25, 0.3) is 0 Å². The topological polar surface area (TPSA) is 93.2 Å². The second-order valence-electron chi connectivity index (χ2n) is 3.85. The van der Waals surface area contributed by atoms with Gasteiger partial charge in [0.2, 0.25) is 11.9 Å². The first-order valence-electron chi connectivity index (χ1n) is 5.57. The fraction of sp³-hybridized carbons (Fsp3) is 0.333. The van der Waals surface area contributed by atoms with E-state index in [0.717, 1.165) is 11.4 Å². The van der Waals surface area contributed by atoms with Gasteiger partial charge in [0, 0.05) is 24.5 Å². The Kier molecular flexibility index (Phi) is 4.99. The van der Waals surface area contributed by atoms with Crippen LogP contribution in [0.5, 0.6) is 0 Å². The van der Waals surface area contributed by atoms with Crippen LogP contribution in [0.2, 0.25) is 0 Å². The molecule has 1 amide bonds. The number of carbonyl (C=O) groups is 2. The van der Waals surface area contributed by atoms with Gasteiger partial charge in [0.1, 0.15) is 5.70 Å². The molecule has 0 aliphatic heterocycles. The highest BCUT2D eigenvalue weighted by Gasteiger charge is 2.11. The van der Waals surface area contributed by atoms with Crippen molar-refractivity contribution in [1.29, 1.82) is 0 Å². The Hall–Kier alpha value is -2.44. The van der Waals surface area contributed by atoms with E-state index in [1.54, 1.807) is 0 Å². The number of hydrogen-bond acceptors (Lipinski definition) is 6. The third-order valence-corrected chi connectivity index (χ3v) is 2.04. The number of ether oxygens (including phenoxy) is 1. The van der Waals surface area contributed by atoms with E-state index in [9.17, 15) is 9.59 Å². The van der Waals surface area contributed by atoms with E-state index >= 15 is 0 Å². The number of methoxy groups -OCH3 is 1. The first kappa shape index (κ1) is 14.6. The first-order valence-corrected chi connectivity index (χ1v) is 5.57. The summed E-state index contributed by atoms with van der Waals surface area (Å²) < 4.78 is 4.55. The van der Waals surface area contributed by atoms with Gasteiger partial charge < -0.3 is 15.4 Å². The molecule has 0 spiro atoms. The Labute approximate surface area is 111 Å². The zero-order chi connectivity index (χ0) is 14.4. The molecule has 7 heteroatoms. The Balaban J connectivity index is 2.90. The Morgan fingerprint density at radius 1 is 1.26 bits per heavy atom. The van der Waals surface area contributed by atoms with E-state index in [-0.39, 0.29) is 11.6 Å². The predicted octanol–water partition coefficient (Wildman–Crippen LogP) is 0.656. The number of nitrogens with one attached hydrogen (secondary N) is 2. The molecule has 1 aromatic rings. The molecule has 0 bridgehead atoms. The molecule has 0 atom stereocenters. The second kappa shape index (κ2) is 6.48. The molecular weight excluding hydrogens is 248 g/mol. The largest absolute Gasteiger partial charge is 0.464 e. The summed E-state index contributed by atoms with van der Waals surface area (Å²) in [6.45, 7) is 4.96. The molecule has 1 heterocycles. The zero-order valence-corrected chi connectivity index (χ0v) is 11.3. The Morgan fingerprint density at radius 2 is 1.84 bits per heavy atom. The highest BCUT2D eigenvalue weighted by Crippen LogP contribution is 2.04. The minimum atomic E-state index is -0.660. The molecule has 0 saturated carbocycles. The van der Waals surface area contributed by atoms with Gasteiger partial charge in [-0.25, -0.2) is 14.8 Å². The van der Waals surface area contributed by atoms with Crippen LogP contribution in [-0.4, -0.2) is 29.0 Å². The van der Waals surface area contributed by atoms with Crippen molar-refractivity contribution < 1.29 is 14.3 Å². The van der Waals surface area contributed by atoms with E-state index in [2.05, 4.69) is 25.3 Å². The molecule has 0 radical (unpaired) electrons. The van der Waals surface area contributed by atoms with Gasteiger partial charge in [-0.2, -0.15) is 0 Å². The monoisotopic (exact) mass is 264 g/mol. The predicted molar refractivity (Wildman–Crippen MR) is 69.0 cm³/mol. The summed E-state index contributed by atoms with van der Waals surface area (Å²) >= 11 is 0. The van der Waals surface area contributed by atoms with Crippen LogP contribution >= 0.6 is 0 Å². The highest BCUT2D eigenvalue weighted by molar-refractivity contribution is 5.93. The van der Waals surface area contributed by atoms with Crippen LogP contribution in [0.15, 0.2) is 18.0 Å². The normalized spacial score (nSPS) is 10.8. The third-order valence-electron chi connectivity index (χ3n) is 2.04. The molecular formula is C12H16N4O3. The average molecular weight is 264 g/mol. The number of aryl methyl sites for hydroxylation is 2. The molecule has 102 valence electrons. The van der Waals surface area contributed by atoms with Crippen molar-refractivity contribution in [3.05, 3.63) is 29.4 Å². The van der Waals surface area contributed by atoms with Crippen LogP contribution in [0.3, 0.4) is 0 Å². The number of esters is 1. The lowest BCUT2D eigenvalue weighted by Crippen LogP contribution is -2.26. The van der Waals surface area contributed by atoms with Crippen LogP contribution in [0.1, 0.15) is 18.3 Å². The zero-order valence-electron chi connectivity index (χ0n) is 11.3. The van der Waals surface area contributed by atoms with E-state index in [0.29, 0.717) is 5.95 Å². The van der Waals surface area contributed by atoms with Crippen molar-refractivity contribution >= 4 is 17.8 Å². The molecule has 0 aromatic carbocycles. The Morgan fingerprint density at radius 3 is 2.32 bits per heavy atom. The number of amides is 1. The van der Waals surface area contributed by atoms with Gasteiger partial charge in [-0.3, -0.25) is 4.79 Å². The summed E-state index contributed by atoms with van der Waals surface area (Å²) in [6, 6.07) is 1.82. The average Bonchev–Trinajstić information content (AvgIpc) is 2.31. The lowest BCUT2D eigenvalue weighted by atomic mass is 10.3. The van der Waals surface area contributed by atoms with Crippen molar-refractivity contribution in [2.45, 2.75) is 20.8 Å². The summed E-state index contributed by atoms with van der Waals surface area (Å²) in [7, 11) is 1.23. The fourth-order valence-corrected chi connectivity index (χ4v) is 1.37. The number of anilines is 1. The lowest BCUT2D eigenvalue weighted by Gasteiger charge is -2.07. The minimum absolute atomic E-state index is 0.0160. The standard InChI is InChI=1S/C12H16N4O3/c1-7-5-8(2)15-12(14-7)13-6-10(11(18)19-4)16-9(3)17/h5-6H,1-4H3,(H,16,17)(H,13,14,15)/b10-6-. The second-order valence-corrected chi connectivity index (χ2v) is 3.85. The van der Waals surface area contributed by atoms with E-state index in [1.807, 2.05) is 19.9 Å². The smallest absolute Gasteiger partial charge is 0.356 e. The highest BCUT2D eigenvalue weighted by atomic mass is 16.5. The van der Waals surface area contributed by atoms with Crippen molar-refractivity contribution in [1.82, 2.24) is 15.3 Å². The molecule has 0 saturated heterocycles. The number of hydrogen-bond donors (Lipinski definition) is 2. The summed E-state index contributed by atoms with van der Waals surface area (Å²) in [5.41, 5.74) is 1.57. The molecule has 1 aromatic heterocycles. The summed E-state index contributed by atoms with van der Waals surface area (Å²) in [5.74, 6) is -0.698. The lowest BCUT2D eigenvalue weighted by molar-refractivity contribution is -0.137. The van der Waals surface area contributed by atoms with Gasteiger partial charge >= 0.3 is 5.97 Å². The number of rotatable bonds is 4. The summed E-state index contributed by atoms with van der Waals surface area (Å²) in [5, 5.41) is 5.11. The van der Waals surface area contributed by atoms with Crippen molar-refractivity contribution in [3.8, 4) is 0 Å². The van der Waals surface area contributed by atoms with Gasteiger partial charge in [-0.05, 0) is 19.9 Å². The van der Waals surface area contributed by atoms with E-state index < -0.39 is 5.97 Å². The number of nitrogens with zero attached hydrogens (tertiary/aromatic N) is 2. The maximum Gasteiger partial charge on any atom is 0.356 e. The van der Waals surface area contributed by atoms with Crippen LogP contribution in [0.4, 0.5) is 5.95 Å². The third kappa shape index (κ3) is 4.74. The minimum Gasteiger partial charge on any atom is -0.464 e. The summed E-state index contributed by atoms with van der Waals surface area (Å²) in [6.07, 6.45) is 1.29. The molecule has 19 heavy (non-hydrogen) atoms. The quantitative estimate of drug-likeness (QED) is 0.613. The van der Waals surface area contributed by atoms with Gasteiger partial charge in [0.05, 0.1) is 7.11 Å². The maximum atomic E-state index is 11.4. The van der Waals surface area contributed by atoms with Crippen molar-refractivity contribution in [2.24, 2.45) is 0 Å². The molecule has 0 aliphatic carbocycles. The maximum absolute atomic E-state index is 11.4. The molecule has 0 unspecified atom stereocenters. The van der Waals surface area contributed by atoms with Crippen LogP contribution in [0, 0.1) is 13.8 Å². The van der Waals surface area contributed by atoms with E-state index in [1.165, 1.54) is 20.2 Å². The number of carbonyl (C=O) groups excluding carboxylic acids is 2. The van der Waals surface area contributed by atoms with Gasteiger partial charge in [-0.1, -0.05) is 0 Å².